The SMILES string of the molecule is CCOC(=O)c1ccc(N(CC)Cc2ccncc2)nc1. The van der Waals surface area contributed by atoms with Crippen molar-refractivity contribution in [2.75, 3.05) is 18.1 Å². The molecule has 2 aromatic rings. The van der Waals surface area contributed by atoms with Crippen LogP contribution in [0.3, 0.4) is 0 Å². The second-order valence-corrected chi connectivity index (χ2v) is 4.50. The van der Waals surface area contributed by atoms with Crippen LogP contribution in [0, 0.1) is 0 Å². The summed E-state index contributed by atoms with van der Waals surface area (Å²) in [6.45, 7) is 5.80. The number of anilines is 1. The average Bonchev–Trinajstić information content (AvgIpc) is 2.54. The van der Waals surface area contributed by atoms with E-state index in [1.54, 1.807) is 31.6 Å². The third kappa shape index (κ3) is 4.02. The van der Waals surface area contributed by atoms with E-state index in [1.807, 2.05) is 18.2 Å². The number of hydrogen-bond donors (Lipinski definition) is 0. The molecule has 0 N–H and O–H groups in total. The second kappa shape index (κ2) is 7.38. The topological polar surface area (TPSA) is 55.3 Å². The zero-order chi connectivity index (χ0) is 15.1. The Hall–Kier alpha value is -2.43. The maximum atomic E-state index is 11.6. The van der Waals surface area contributed by atoms with Gasteiger partial charge in [0.1, 0.15) is 5.82 Å². The van der Waals surface area contributed by atoms with E-state index in [-0.39, 0.29) is 5.97 Å². The quantitative estimate of drug-likeness (QED) is 0.764. The van der Waals surface area contributed by atoms with Crippen LogP contribution in [0.1, 0.15) is 29.8 Å². The van der Waals surface area contributed by atoms with Gasteiger partial charge in [-0.2, -0.15) is 0 Å². The Morgan fingerprint density at radius 1 is 1.19 bits per heavy atom. The third-order valence-corrected chi connectivity index (χ3v) is 3.09. The number of ether oxygens (including phenoxy) is 1. The highest BCUT2D eigenvalue weighted by atomic mass is 16.5. The van der Waals surface area contributed by atoms with E-state index in [4.69, 9.17) is 4.74 Å². The van der Waals surface area contributed by atoms with E-state index in [0.717, 1.165) is 18.9 Å². The van der Waals surface area contributed by atoms with Crippen LogP contribution in [0.2, 0.25) is 0 Å². The van der Waals surface area contributed by atoms with E-state index >= 15 is 0 Å². The third-order valence-electron chi connectivity index (χ3n) is 3.09. The smallest absolute Gasteiger partial charge is 0.339 e. The molecule has 0 atom stereocenters. The molecule has 0 spiro atoms. The monoisotopic (exact) mass is 285 g/mol. The van der Waals surface area contributed by atoms with Crippen LogP contribution in [0.5, 0.6) is 0 Å². The Balaban J connectivity index is 2.10. The fraction of sp³-hybridized carbons (Fsp3) is 0.312. The summed E-state index contributed by atoms with van der Waals surface area (Å²) in [5, 5.41) is 0. The van der Waals surface area contributed by atoms with Crippen molar-refractivity contribution in [1.82, 2.24) is 9.97 Å². The molecule has 2 aromatic heterocycles. The summed E-state index contributed by atoms with van der Waals surface area (Å²) in [5.41, 5.74) is 1.64. The molecule has 0 radical (unpaired) electrons. The van der Waals surface area contributed by atoms with E-state index in [0.29, 0.717) is 12.2 Å². The number of esters is 1. The van der Waals surface area contributed by atoms with Crippen molar-refractivity contribution in [3.8, 4) is 0 Å². The van der Waals surface area contributed by atoms with Crippen LogP contribution < -0.4 is 4.90 Å². The zero-order valence-electron chi connectivity index (χ0n) is 12.3. The Morgan fingerprint density at radius 2 is 1.95 bits per heavy atom. The second-order valence-electron chi connectivity index (χ2n) is 4.50. The van der Waals surface area contributed by atoms with E-state index in [1.165, 1.54) is 5.56 Å². The molecule has 0 aliphatic heterocycles. The summed E-state index contributed by atoms with van der Waals surface area (Å²) in [4.78, 5) is 22.1. The number of nitrogens with zero attached hydrogens (tertiary/aromatic N) is 3. The molecule has 0 bridgehead atoms. The van der Waals surface area contributed by atoms with Crippen LogP contribution in [0.4, 0.5) is 5.82 Å². The number of carbonyl (C=O) groups excluding carboxylic acids is 1. The highest BCUT2D eigenvalue weighted by Crippen LogP contribution is 2.15. The highest BCUT2D eigenvalue weighted by Gasteiger charge is 2.10. The van der Waals surface area contributed by atoms with Gasteiger partial charge in [0.2, 0.25) is 0 Å². The van der Waals surface area contributed by atoms with Gasteiger partial charge in [0.15, 0.2) is 0 Å². The Bertz CT molecular complexity index is 570. The van der Waals surface area contributed by atoms with E-state index in [9.17, 15) is 4.79 Å². The van der Waals surface area contributed by atoms with Gasteiger partial charge < -0.3 is 9.64 Å². The Morgan fingerprint density at radius 3 is 2.52 bits per heavy atom. The molecule has 0 unspecified atom stereocenters. The maximum Gasteiger partial charge on any atom is 0.339 e. The van der Waals surface area contributed by atoms with Crippen molar-refractivity contribution in [1.29, 1.82) is 0 Å². The molecule has 0 fully saturated rings. The molecule has 0 aromatic carbocycles. The molecule has 0 saturated carbocycles. The summed E-state index contributed by atoms with van der Waals surface area (Å²) in [6, 6.07) is 7.55. The minimum atomic E-state index is -0.339. The fourth-order valence-electron chi connectivity index (χ4n) is 1.97. The maximum absolute atomic E-state index is 11.6. The van der Waals surface area contributed by atoms with Gasteiger partial charge in [0.05, 0.1) is 12.2 Å². The van der Waals surface area contributed by atoms with Crippen LogP contribution in [-0.2, 0) is 11.3 Å². The standard InChI is InChI=1S/C16H19N3O2/c1-3-19(12-13-7-9-17-10-8-13)15-6-5-14(11-18-15)16(20)21-4-2/h5-11H,3-4,12H2,1-2H3. The number of rotatable bonds is 6. The molecule has 2 rings (SSSR count). The molecular formula is C16H19N3O2. The van der Waals surface area contributed by atoms with Crippen molar-refractivity contribution in [2.45, 2.75) is 20.4 Å². The average molecular weight is 285 g/mol. The Labute approximate surface area is 124 Å². The lowest BCUT2D eigenvalue weighted by molar-refractivity contribution is 0.0526. The van der Waals surface area contributed by atoms with Gasteiger partial charge in [-0.3, -0.25) is 4.98 Å². The molecule has 0 amide bonds. The predicted molar refractivity (Wildman–Crippen MR) is 81.2 cm³/mol. The summed E-state index contributed by atoms with van der Waals surface area (Å²) < 4.78 is 4.95. The van der Waals surface area contributed by atoms with Gasteiger partial charge in [-0.05, 0) is 43.7 Å². The van der Waals surface area contributed by atoms with Crippen molar-refractivity contribution in [3.05, 3.63) is 54.0 Å². The fourth-order valence-corrected chi connectivity index (χ4v) is 1.97. The minimum Gasteiger partial charge on any atom is -0.462 e. The molecule has 0 aliphatic carbocycles. The number of hydrogen-bond acceptors (Lipinski definition) is 5. The van der Waals surface area contributed by atoms with E-state index in [2.05, 4.69) is 21.8 Å². The number of pyridine rings is 2. The first kappa shape index (κ1) is 15.0. The van der Waals surface area contributed by atoms with E-state index < -0.39 is 0 Å². The van der Waals surface area contributed by atoms with Gasteiger partial charge in [0, 0.05) is 31.7 Å². The van der Waals surface area contributed by atoms with Crippen molar-refractivity contribution in [3.63, 3.8) is 0 Å². The number of aromatic nitrogens is 2. The molecule has 5 heteroatoms. The first-order chi connectivity index (χ1) is 10.2. The number of carbonyl (C=O) groups is 1. The lowest BCUT2D eigenvalue weighted by Crippen LogP contribution is -2.23. The van der Waals surface area contributed by atoms with Crippen LogP contribution in [0.15, 0.2) is 42.9 Å². The molecular weight excluding hydrogens is 266 g/mol. The van der Waals surface area contributed by atoms with Crippen LogP contribution >= 0.6 is 0 Å². The molecule has 21 heavy (non-hydrogen) atoms. The van der Waals surface area contributed by atoms with Crippen LogP contribution in [-0.4, -0.2) is 29.1 Å². The molecule has 110 valence electrons. The highest BCUT2D eigenvalue weighted by molar-refractivity contribution is 5.89. The van der Waals surface area contributed by atoms with Gasteiger partial charge in [0.25, 0.3) is 0 Å². The summed E-state index contributed by atoms with van der Waals surface area (Å²) >= 11 is 0. The lowest BCUT2D eigenvalue weighted by atomic mass is 10.2. The first-order valence-corrected chi connectivity index (χ1v) is 7.01. The summed E-state index contributed by atoms with van der Waals surface area (Å²) in [6.07, 6.45) is 5.11. The summed E-state index contributed by atoms with van der Waals surface area (Å²) in [5.74, 6) is 0.496. The minimum absolute atomic E-state index is 0.339. The molecule has 0 aliphatic rings. The van der Waals surface area contributed by atoms with Crippen LogP contribution in [0.25, 0.3) is 0 Å². The first-order valence-electron chi connectivity index (χ1n) is 7.01. The Kier molecular flexibility index (Phi) is 5.26. The summed E-state index contributed by atoms with van der Waals surface area (Å²) in [7, 11) is 0. The van der Waals surface area contributed by atoms with Crippen molar-refractivity contribution >= 4 is 11.8 Å². The van der Waals surface area contributed by atoms with Gasteiger partial charge in [-0.15, -0.1) is 0 Å². The zero-order valence-corrected chi connectivity index (χ0v) is 12.3. The molecule has 5 nitrogen and oxygen atoms in total. The van der Waals surface area contributed by atoms with Gasteiger partial charge in [-0.1, -0.05) is 0 Å². The normalized spacial score (nSPS) is 10.2. The molecule has 0 saturated heterocycles. The molecule has 2 heterocycles. The van der Waals surface area contributed by atoms with Crippen molar-refractivity contribution in [2.24, 2.45) is 0 Å². The largest absolute Gasteiger partial charge is 0.462 e. The van der Waals surface area contributed by atoms with Crippen molar-refractivity contribution < 1.29 is 9.53 Å². The predicted octanol–water partition coefficient (Wildman–Crippen LogP) is 2.68. The van der Waals surface area contributed by atoms with Gasteiger partial charge in [-0.25, -0.2) is 9.78 Å². The van der Waals surface area contributed by atoms with Gasteiger partial charge >= 0.3 is 5.97 Å². The lowest BCUT2D eigenvalue weighted by Gasteiger charge is -2.22.